The Labute approximate surface area is 190 Å². The van der Waals surface area contributed by atoms with Gasteiger partial charge >= 0.3 is 0 Å². The maximum absolute atomic E-state index is 14.3. The Morgan fingerprint density at radius 1 is 1.12 bits per heavy atom. The van der Waals surface area contributed by atoms with Crippen molar-refractivity contribution in [2.75, 3.05) is 31.0 Å². The van der Waals surface area contributed by atoms with Gasteiger partial charge in [0.1, 0.15) is 11.9 Å². The molecule has 1 atom stereocenters. The molecule has 0 aromatic heterocycles. The predicted molar refractivity (Wildman–Crippen MR) is 117 cm³/mol. The fourth-order valence-electron chi connectivity index (χ4n) is 3.57. The number of nitrogens with one attached hydrogen (secondary N) is 1. The van der Waals surface area contributed by atoms with E-state index in [0.29, 0.717) is 5.69 Å². The Morgan fingerprint density at radius 3 is 2.33 bits per heavy atom. The second kappa shape index (κ2) is 10.3. The molecule has 0 saturated carbocycles. The second-order valence-electron chi connectivity index (χ2n) is 7.35. The van der Waals surface area contributed by atoms with Crippen molar-refractivity contribution in [3.8, 4) is 0 Å². The van der Waals surface area contributed by atoms with Crippen LogP contribution in [0.15, 0.2) is 48.5 Å². The Bertz CT molecular complexity index is 1050. The highest BCUT2D eigenvalue weighted by atomic mass is 19.1. The van der Waals surface area contributed by atoms with Crippen LogP contribution in [0.2, 0.25) is 0 Å². The monoisotopic (exact) mass is 457 g/mol. The highest BCUT2D eigenvalue weighted by molar-refractivity contribution is 6.23. The van der Waals surface area contributed by atoms with Crippen molar-refractivity contribution in [3.63, 3.8) is 0 Å². The first-order valence-corrected chi connectivity index (χ1v) is 10.1. The van der Waals surface area contributed by atoms with Crippen LogP contribution in [0.3, 0.4) is 0 Å². The molecule has 0 radical (unpaired) electrons. The molecule has 1 N–H and O–H groups in total. The molecule has 0 spiro atoms. The molecule has 1 aliphatic rings. The molecule has 9 nitrogen and oxygen atoms in total. The molecule has 3 rings (SSSR count). The van der Waals surface area contributed by atoms with E-state index in [2.05, 4.69) is 5.32 Å². The molecule has 1 unspecified atom stereocenters. The molecule has 4 amide bonds. The van der Waals surface area contributed by atoms with Gasteiger partial charge in [-0.25, -0.2) is 9.29 Å². The van der Waals surface area contributed by atoms with Gasteiger partial charge in [0.25, 0.3) is 11.8 Å². The summed E-state index contributed by atoms with van der Waals surface area (Å²) in [7, 11) is 2.73. The van der Waals surface area contributed by atoms with Gasteiger partial charge in [0, 0.05) is 26.8 Å². The standard InChI is InChI=1S/C23H24FN3O6/c1-14(28)25-15-8-10-16(11-9-15)27-20(29)12-19(23(27)31)26(13-21(32-2)33-3)22(30)17-6-4-5-7-18(17)24/h4-11,19,21H,12-13H2,1-3H3,(H,25,28). The summed E-state index contributed by atoms with van der Waals surface area (Å²) in [6.07, 6.45) is -1.18. The van der Waals surface area contributed by atoms with Gasteiger partial charge in [-0.15, -0.1) is 0 Å². The van der Waals surface area contributed by atoms with Crippen molar-refractivity contribution in [1.82, 2.24) is 4.90 Å². The molecule has 33 heavy (non-hydrogen) atoms. The minimum atomic E-state index is -1.17. The summed E-state index contributed by atoms with van der Waals surface area (Å²) in [5.41, 5.74) is 0.554. The largest absolute Gasteiger partial charge is 0.354 e. The van der Waals surface area contributed by atoms with Crippen LogP contribution < -0.4 is 10.2 Å². The number of hydrogen-bond donors (Lipinski definition) is 1. The molecule has 2 aromatic rings. The van der Waals surface area contributed by atoms with Crippen molar-refractivity contribution in [1.29, 1.82) is 0 Å². The number of anilines is 2. The van der Waals surface area contributed by atoms with Crippen molar-refractivity contribution in [2.45, 2.75) is 25.7 Å². The number of methoxy groups -OCH3 is 2. The number of rotatable bonds is 8. The first-order valence-electron chi connectivity index (χ1n) is 10.1. The Kier molecular flexibility index (Phi) is 7.52. The summed E-state index contributed by atoms with van der Waals surface area (Å²) < 4.78 is 24.7. The average molecular weight is 457 g/mol. The molecule has 0 aliphatic carbocycles. The van der Waals surface area contributed by atoms with Gasteiger partial charge in [-0.05, 0) is 36.4 Å². The van der Waals surface area contributed by atoms with Crippen molar-refractivity contribution >= 4 is 35.0 Å². The average Bonchev–Trinajstić information content (AvgIpc) is 3.08. The van der Waals surface area contributed by atoms with Crippen LogP contribution in [0.1, 0.15) is 23.7 Å². The van der Waals surface area contributed by atoms with E-state index in [1.807, 2.05) is 0 Å². The summed E-state index contributed by atoms with van der Waals surface area (Å²) in [4.78, 5) is 52.5. The lowest BCUT2D eigenvalue weighted by Gasteiger charge is -2.30. The first-order chi connectivity index (χ1) is 15.8. The van der Waals surface area contributed by atoms with Crippen LogP contribution in [0.4, 0.5) is 15.8 Å². The lowest BCUT2D eigenvalue weighted by atomic mass is 10.1. The Morgan fingerprint density at radius 2 is 1.76 bits per heavy atom. The maximum atomic E-state index is 14.3. The zero-order chi connectivity index (χ0) is 24.1. The lowest BCUT2D eigenvalue weighted by Crippen LogP contribution is -2.49. The number of halogens is 1. The minimum absolute atomic E-state index is 0.195. The summed E-state index contributed by atoms with van der Waals surface area (Å²) in [5.74, 6) is -2.93. The van der Waals surface area contributed by atoms with Gasteiger partial charge in [0.05, 0.1) is 24.2 Å². The molecule has 1 aliphatic heterocycles. The zero-order valence-electron chi connectivity index (χ0n) is 18.4. The second-order valence-corrected chi connectivity index (χ2v) is 7.35. The van der Waals surface area contributed by atoms with E-state index in [1.165, 1.54) is 51.5 Å². The van der Waals surface area contributed by atoms with E-state index in [9.17, 15) is 23.6 Å². The number of carbonyl (C=O) groups excluding carboxylic acids is 4. The van der Waals surface area contributed by atoms with Gasteiger partial charge < -0.3 is 19.7 Å². The molecule has 174 valence electrons. The quantitative estimate of drug-likeness (QED) is 0.481. The normalized spacial score (nSPS) is 15.8. The first kappa shape index (κ1) is 24.0. The number of nitrogens with zero attached hydrogens (tertiary/aromatic N) is 2. The predicted octanol–water partition coefficient (Wildman–Crippen LogP) is 2.18. The van der Waals surface area contributed by atoms with E-state index in [1.54, 1.807) is 12.1 Å². The fourth-order valence-corrected chi connectivity index (χ4v) is 3.57. The number of hydrogen-bond acceptors (Lipinski definition) is 6. The molecule has 10 heteroatoms. The molecular formula is C23H24FN3O6. The molecular weight excluding hydrogens is 433 g/mol. The summed E-state index contributed by atoms with van der Waals surface area (Å²) in [5, 5.41) is 2.60. The van der Waals surface area contributed by atoms with Gasteiger partial charge in [0.2, 0.25) is 11.8 Å². The van der Waals surface area contributed by atoms with E-state index in [-0.39, 0.29) is 30.1 Å². The Hall–Kier alpha value is -3.63. The smallest absolute Gasteiger partial charge is 0.257 e. The molecule has 2 aromatic carbocycles. The highest BCUT2D eigenvalue weighted by Gasteiger charge is 2.45. The van der Waals surface area contributed by atoms with Crippen molar-refractivity contribution < 1.29 is 33.0 Å². The molecule has 1 heterocycles. The van der Waals surface area contributed by atoms with Crippen LogP contribution in [-0.4, -0.2) is 61.6 Å². The molecule has 0 bridgehead atoms. The minimum Gasteiger partial charge on any atom is -0.354 e. The SMILES string of the molecule is COC(CN(C(=O)c1ccccc1F)C1CC(=O)N(c2ccc(NC(C)=O)cc2)C1=O)OC. The van der Waals surface area contributed by atoms with Gasteiger partial charge in [-0.1, -0.05) is 12.1 Å². The lowest BCUT2D eigenvalue weighted by molar-refractivity contribution is -0.128. The third-order valence-electron chi connectivity index (χ3n) is 5.18. The third kappa shape index (κ3) is 5.24. The number of amides is 4. The van der Waals surface area contributed by atoms with E-state index in [4.69, 9.17) is 9.47 Å². The van der Waals surface area contributed by atoms with Gasteiger partial charge in [-0.3, -0.25) is 19.2 Å². The van der Waals surface area contributed by atoms with Gasteiger partial charge in [-0.2, -0.15) is 0 Å². The number of benzene rings is 2. The number of ether oxygens (including phenoxy) is 2. The van der Waals surface area contributed by atoms with Crippen molar-refractivity contribution in [3.05, 3.63) is 59.9 Å². The van der Waals surface area contributed by atoms with E-state index >= 15 is 0 Å². The van der Waals surface area contributed by atoms with E-state index < -0.39 is 35.9 Å². The topological polar surface area (TPSA) is 105 Å². The highest BCUT2D eigenvalue weighted by Crippen LogP contribution is 2.28. The zero-order valence-corrected chi connectivity index (χ0v) is 18.4. The van der Waals surface area contributed by atoms with Crippen LogP contribution in [0, 0.1) is 5.82 Å². The van der Waals surface area contributed by atoms with Crippen LogP contribution >= 0.6 is 0 Å². The summed E-state index contributed by atoms with van der Waals surface area (Å²) in [6.45, 7) is 1.17. The summed E-state index contributed by atoms with van der Waals surface area (Å²) >= 11 is 0. The molecule has 1 saturated heterocycles. The van der Waals surface area contributed by atoms with Crippen LogP contribution in [0.25, 0.3) is 0 Å². The molecule has 1 fully saturated rings. The Balaban J connectivity index is 1.91. The van der Waals surface area contributed by atoms with Crippen LogP contribution in [0.5, 0.6) is 0 Å². The summed E-state index contributed by atoms with van der Waals surface area (Å²) in [6, 6.07) is 10.4. The van der Waals surface area contributed by atoms with E-state index in [0.717, 1.165) is 15.9 Å². The maximum Gasteiger partial charge on any atom is 0.257 e. The fraction of sp³-hybridized carbons (Fsp3) is 0.304. The number of imide groups is 1. The van der Waals surface area contributed by atoms with Gasteiger partial charge in [0.15, 0.2) is 6.29 Å². The van der Waals surface area contributed by atoms with Crippen LogP contribution in [-0.2, 0) is 23.9 Å². The number of carbonyl (C=O) groups is 4. The van der Waals surface area contributed by atoms with Crippen molar-refractivity contribution in [2.24, 2.45) is 0 Å². The third-order valence-corrected chi connectivity index (χ3v) is 5.18.